The molecule has 0 saturated heterocycles. The van der Waals surface area contributed by atoms with Crippen LogP contribution >= 0.6 is 0 Å². The van der Waals surface area contributed by atoms with Crippen molar-refractivity contribution in [2.75, 3.05) is 0 Å². The highest BCUT2D eigenvalue weighted by Crippen LogP contribution is 2.31. The molecule has 14 heavy (non-hydrogen) atoms. The summed E-state index contributed by atoms with van der Waals surface area (Å²) in [7, 11) is 0. The molecule has 1 amide bonds. The molecule has 2 rings (SSSR count). The number of carbonyl (C=O) groups excluding carboxylic acids is 1. The van der Waals surface area contributed by atoms with Crippen LogP contribution < -0.4 is 5.32 Å². The van der Waals surface area contributed by atoms with Gasteiger partial charge in [0.2, 0.25) is 5.91 Å². The molecule has 0 aromatic carbocycles. The third-order valence-corrected chi connectivity index (χ3v) is 3.72. The zero-order chi connectivity index (χ0) is 9.97. The lowest BCUT2D eigenvalue weighted by molar-refractivity contribution is -0.123. The summed E-state index contributed by atoms with van der Waals surface area (Å²) in [5.41, 5.74) is 0. The molecule has 2 aliphatic rings. The van der Waals surface area contributed by atoms with Crippen molar-refractivity contribution in [3.05, 3.63) is 0 Å². The van der Waals surface area contributed by atoms with Gasteiger partial charge in [-0.25, -0.2) is 0 Å². The maximum Gasteiger partial charge on any atom is 0.223 e. The Kier molecular flexibility index (Phi) is 3.09. The van der Waals surface area contributed by atoms with Gasteiger partial charge in [0.1, 0.15) is 0 Å². The summed E-state index contributed by atoms with van der Waals surface area (Å²) in [5, 5.41) is 3.19. The minimum Gasteiger partial charge on any atom is -0.353 e. The molecule has 2 aliphatic carbocycles. The topological polar surface area (TPSA) is 29.1 Å². The Balaban J connectivity index is 1.69. The van der Waals surface area contributed by atoms with Crippen molar-refractivity contribution in [1.29, 1.82) is 0 Å². The molecule has 0 unspecified atom stereocenters. The summed E-state index contributed by atoms with van der Waals surface area (Å²) >= 11 is 0. The Morgan fingerprint density at radius 1 is 1.14 bits per heavy atom. The highest BCUT2D eigenvalue weighted by atomic mass is 16.2. The van der Waals surface area contributed by atoms with Crippen LogP contribution in [0.15, 0.2) is 0 Å². The van der Waals surface area contributed by atoms with Crippen LogP contribution in [0.3, 0.4) is 0 Å². The van der Waals surface area contributed by atoms with Crippen molar-refractivity contribution in [2.24, 2.45) is 11.8 Å². The first-order valence-corrected chi connectivity index (χ1v) is 6.10. The predicted octanol–water partition coefficient (Wildman–Crippen LogP) is 2.48. The van der Waals surface area contributed by atoms with E-state index >= 15 is 0 Å². The number of rotatable bonds is 3. The number of amides is 1. The zero-order valence-corrected chi connectivity index (χ0v) is 9.09. The van der Waals surface area contributed by atoms with Gasteiger partial charge < -0.3 is 5.32 Å². The van der Waals surface area contributed by atoms with Crippen molar-refractivity contribution >= 4 is 5.91 Å². The number of hydrogen-bond donors (Lipinski definition) is 1. The first kappa shape index (κ1) is 10.0. The van der Waals surface area contributed by atoms with Crippen LogP contribution in [0, 0.1) is 11.8 Å². The summed E-state index contributed by atoms with van der Waals surface area (Å²) in [5.74, 6) is 1.62. The second-order valence-corrected chi connectivity index (χ2v) is 4.91. The largest absolute Gasteiger partial charge is 0.353 e. The summed E-state index contributed by atoms with van der Waals surface area (Å²) in [6.07, 6.45) is 8.59. The normalized spacial score (nSPS) is 32.6. The van der Waals surface area contributed by atoms with E-state index < -0.39 is 0 Å². The van der Waals surface area contributed by atoms with Gasteiger partial charge in [0, 0.05) is 12.0 Å². The lowest BCUT2D eigenvalue weighted by Crippen LogP contribution is -2.38. The van der Waals surface area contributed by atoms with Crippen molar-refractivity contribution in [3.8, 4) is 0 Å². The van der Waals surface area contributed by atoms with Crippen LogP contribution in [-0.2, 0) is 4.79 Å². The van der Waals surface area contributed by atoms with Crippen molar-refractivity contribution in [3.63, 3.8) is 0 Å². The van der Waals surface area contributed by atoms with E-state index in [0.717, 1.165) is 18.8 Å². The molecule has 2 fully saturated rings. The average molecular weight is 195 g/mol. The van der Waals surface area contributed by atoms with Gasteiger partial charge in [-0.05, 0) is 44.4 Å². The third kappa shape index (κ3) is 2.49. The molecule has 0 heterocycles. The van der Waals surface area contributed by atoms with Gasteiger partial charge in [0.25, 0.3) is 0 Å². The molecule has 0 aromatic heterocycles. The van der Waals surface area contributed by atoms with Gasteiger partial charge in [-0.3, -0.25) is 4.79 Å². The van der Waals surface area contributed by atoms with E-state index in [4.69, 9.17) is 0 Å². The molecule has 2 saturated carbocycles. The lowest BCUT2D eigenvalue weighted by Gasteiger charge is -2.28. The molecular formula is C12H21NO. The minimum absolute atomic E-state index is 0.324. The standard InChI is InChI=1S/C12H21NO/c1-2-9-3-7-11(8-4-9)13-12(14)10-5-6-10/h9-11H,2-8H2,1H3,(H,13,14). The van der Waals surface area contributed by atoms with Crippen molar-refractivity contribution in [2.45, 2.75) is 57.9 Å². The van der Waals surface area contributed by atoms with Gasteiger partial charge >= 0.3 is 0 Å². The van der Waals surface area contributed by atoms with Crippen LogP contribution in [-0.4, -0.2) is 11.9 Å². The van der Waals surface area contributed by atoms with E-state index in [1.54, 1.807) is 0 Å². The van der Waals surface area contributed by atoms with Crippen LogP contribution in [0.2, 0.25) is 0 Å². The molecule has 0 aromatic rings. The molecular weight excluding hydrogens is 174 g/mol. The van der Waals surface area contributed by atoms with Crippen molar-refractivity contribution in [1.82, 2.24) is 5.32 Å². The maximum absolute atomic E-state index is 11.5. The molecule has 1 N–H and O–H groups in total. The van der Waals surface area contributed by atoms with Gasteiger partial charge in [-0.2, -0.15) is 0 Å². The smallest absolute Gasteiger partial charge is 0.223 e. The van der Waals surface area contributed by atoms with Crippen LogP contribution in [0.25, 0.3) is 0 Å². The summed E-state index contributed by atoms with van der Waals surface area (Å²) in [4.78, 5) is 11.5. The second kappa shape index (κ2) is 4.33. The summed E-state index contributed by atoms with van der Waals surface area (Å²) < 4.78 is 0. The molecule has 2 heteroatoms. The zero-order valence-electron chi connectivity index (χ0n) is 9.09. The third-order valence-electron chi connectivity index (χ3n) is 3.72. The van der Waals surface area contributed by atoms with E-state index in [1.807, 2.05) is 0 Å². The molecule has 0 atom stereocenters. The van der Waals surface area contributed by atoms with Gasteiger partial charge in [-0.15, -0.1) is 0 Å². The van der Waals surface area contributed by atoms with E-state index in [-0.39, 0.29) is 0 Å². The fourth-order valence-corrected chi connectivity index (χ4v) is 2.38. The molecule has 0 radical (unpaired) electrons. The molecule has 0 bridgehead atoms. The molecule has 0 spiro atoms. The first-order valence-electron chi connectivity index (χ1n) is 6.10. The predicted molar refractivity (Wildman–Crippen MR) is 56.9 cm³/mol. The quantitative estimate of drug-likeness (QED) is 0.736. The minimum atomic E-state index is 0.324. The van der Waals surface area contributed by atoms with Gasteiger partial charge in [-0.1, -0.05) is 13.3 Å². The van der Waals surface area contributed by atoms with E-state index in [1.165, 1.54) is 32.1 Å². The highest BCUT2D eigenvalue weighted by molar-refractivity contribution is 5.81. The number of nitrogens with one attached hydrogen (secondary N) is 1. The maximum atomic E-state index is 11.5. The Morgan fingerprint density at radius 2 is 1.79 bits per heavy atom. The Bertz CT molecular complexity index is 202. The fourth-order valence-electron chi connectivity index (χ4n) is 2.38. The van der Waals surface area contributed by atoms with Crippen molar-refractivity contribution < 1.29 is 4.79 Å². The van der Waals surface area contributed by atoms with Crippen LogP contribution in [0.4, 0.5) is 0 Å². The molecule has 0 aliphatic heterocycles. The SMILES string of the molecule is CCC1CCC(NC(=O)C2CC2)CC1. The lowest BCUT2D eigenvalue weighted by atomic mass is 9.84. The number of carbonyl (C=O) groups is 1. The Morgan fingerprint density at radius 3 is 2.29 bits per heavy atom. The average Bonchev–Trinajstić information content (AvgIpc) is 3.02. The van der Waals surface area contributed by atoms with Gasteiger partial charge in [0.05, 0.1) is 0 Å². The highest BCUT2D eigenvalue weighted by Gasteiger charge is 2.31. The Hall–Kier alpha value is -0.530. The molecule has 2 nitrogen and oxygen atoms in total. The monoisotopic (exact) mass is 195 g/mol. The van der Waals surface area contributed by atoms with Gasteiger partial charge in [0.15, 0.2) is 0 Å². The van der Waals surface area contributed by atoms with Crippen LogP contribution in [0.5, 0.6) is 0 Å². The summed E-state index contributed by atoms with van der Waals surface area (Å²) in [6.45, 7) is 2.27. The first-order chi connectivity index (χ1) is 6.79. The Labute approximate surface area is 86.5 Å². The van der Waals surface area contributed by atoms with Crippen LogP contribution in [0.1, 0.15) is 51.9 Å². The van der Waals surface area contributed by atoms with E-state index in [2.05, 4.69) is 12.2 Å². The molecule has 80 valence electrons. The van der Waals surface area contributed by atoms with E-state index in [0.29, 0.717) is 17.9 Å². The number of hydrogen-bond acceptors (Lipinski definition) is 1. The second-order valence-electron chi connectivity index (χ2n) is 4.91. The fraction of sp³-hybridized carbons (Fsp3) is 0.917. The van der Waals surface area contributed by atoms with E-state index in [9.17, 15) is 4.79 Å². The summed E-state index contributed by atoms with van der Waals surface area (Å²) in [6, 6.07) is 0.492.